The minimum atomic E-state index is -3.94. The summed E-state index contributed by atoms with van der Waals surface area (Å²) < 4.78 is 53.8. The van der Waals surface area contributed by atoms with Crippen LogP contribution in [0, 0.1) is 11.6 Å². The molecule has 3 rings (SSSR count). The lowest BCUT2D eigenvalue weighted by atomic mass is 10.1. The van der Waals surface area contributed by atoms with Crippen LogP contribution < -0.4 is 4.72 Å². The van der Waals surface area contributed by atoms with Gasteiger partial charge in [0.25, 0.3) is 10.0 Å². The minimum absolute atomic E-state index is 0.00901. The number of benzene rings is 2. The van der Waals surface area contributed by atoms with Crippen LogP contribution >= 0.6 is 15.9 Å². The van der Waals surface area contributed by atoms with E-state index in [0.29, 0.717) is 6.07 Å². The highest BCUT2D eigenvalue weighted by atomic mass is 79.9. The number of halogens is 3. The van der Waals surface area contributed by atoms with E-state index in [1.165, 1.54) is 6.07 Å². The molecule has 0 spiro atoms. The van der Waals surface area contributed by atoms with Gasteiger partial charge in [0.15, 0.2) is 5.82 Å². The standard InChI is InChI=1S/C15H12BrF2NO2S/c16-13-7-11(17)8-14(18)15(13)19-22(20,21)12-5-4-9-2-1-3-10(9)6-12/h4-8,19H,1-3H2. The average molecular weight is 388 g/mol. The molecule has 0 amide bonds. The van der Waals surface area contributed by atoms with Gasteiger partial charge in [-0.05, 0) is 64.5 Å². The van der Waals surface area contributed by atoms with Crippen molar-refractivity contribution >= 4 is 31.6 Å². The Morgan fingerprint density at radius 1 is 1.05 bits per heavy atom. The van der Waals surface area contributed by atoms with E-state index < -0.39 is 21.7 Å². The molecule has 0 aromatic heterocycles. The van der Waals surface area contributed by atoms with Gasteiger partial charge in [0.2, 0.25) is 0 Å². The molecule has 1 aliphatic carbocycles. The lowest BCUT2D eigenvalue weighted by Gasteiger charge is -2.12. The zero-order chi connectivity index (χ0) is 15.9. The maximum Gasteiger partial charge on any atom is 0.262 e. The molecule has 0 unspecified atom stereocenters. The van der Waals surface area contributed by atoms with Crippen LogP contribution in [0.15, 0.2) is 39.7 Å². The Balaban J connectivity index is 1.98. The van der Waals surface area contributed by atoms with Gasteiger partial charge in [-0.2, -0.15) is 0 Å². The van der Waals surface area contributed by atoms with Crippen molar-refractivity contribution < 1.29 is 17.2 Å². The van der Waals surface area contributed by atoms with Crippen molar-refractivity contribution in [1.29, 1.82) is 0 Å². The van der Waals surface area contributed by atoms with Crippen molar-refractivity contribution in [1.82, 2.24) is 0 Å². The predicted octanol–water partition coefficient (Wildman–Crippen LogP) is 4.02. The van der Waals surface area contributed by atoms with E-state index in [1.807, 2.05) is 0 Å². The summed E-state index contributed by atoms with van der Waals surface area (Å²) in [4.78, 5) is 0.0729. The van der Waals surface area contributed by atoms with E-state index >= 15 is 0 Å². The number of sulfonamides is 1. The van der Waals surface area contributed by atoms with Crippen LogP contribution in [0.2, 0.25) is 0 Å². The Bertz CT molecular complexity index is 830. The second-order valence-corrected chi connectivity index (χ2v) is 7.67. The summed E-state index contributed by atoms with van der Waals surface area (Å²) in [5.41, 5.74) is 1.84. The third-order valence-electron chi connectivity index (χ3n) is 3.62. The molecule has 2 aromatic rings. The van der Waals surface area contributed by atoms with Crippen molar-refractivity contribution in [3.8, 4) is 0 Å². The summed E-state index contributed by atoms with van der Waals surface area (Å²) in [6.07, 6.45) is 2.79. The highest BCUT2D eigenvalue weighted by molar-refractivity contribution is 9.10. The lowest BCUT2D eigenvalue weighted by molar-refractivity contribution is 0.581. The van der Waals surface area contributed by atoms with Crippen LogP contribution in [-0.4, -0.2) is 8.42 Å². The Labute approximate surface area is 135 Å². The van der Waals surface area contributed by atoms with Gasteiger partial charge in [0.1, 0.15) is 5.82 Å². The zero-order valence-electron chi connectivity index (χ0n) is 11.4. The van der Waals surface area contributed by atoms with E-state index in [1.54, 1.807) is 12.1 Å². The largest absolute Gasteiger partial charge is 0.275 e. The fourth-order valence-electron chi connectivity index (χ4n) is 2.55. The molecule has 0 heterocycles. The number of aryl methyl sites for hydroxylation is 2. The molecular weight excluding hydrogens is 376 g/mol. The van der Waals surface area contributed by atoms with Crippen molar-refractivity contribution in [2.45, 2.75) is 24.2 Å². The SMILES string of the molecule is O=S(=O)(Nc1c(F)cc(F)cc1Br)c1ccc2c(c1)CCC2. The minimum Gasteiger partial charge on any atom is -0.275 e. The molecular formula is C15H12BrF2NO2S. The first-order valence-corrected chi connectivity index (χ1v) is 8.93. The predicted molar refractivity (Wildman–Crippen MR) is 83.3 cm³/mol. The first kappa shape index (κ1) is 15.4. The van der Waals surface area contributed by atoms with E-state index in [4.69, 9.17) is 0 Å². The third kappa shape index (κ3) is 2.87. The zero-order valence-corrected chi connectivity index (χ0v) is 13.8. The Kier molecular flexibility index (Phi) is 3.94. The lowest BCUT2D eigenvalue weighted by Crippen LogP contribution is -2.15. The van der Waals surface area contributed by atoms with E-state index in [2.05, 4.69) is 20.7 Å². The van der Waals surface area contributed by atoms with E-state index in [9.17, 15) is 17.2 Å². The normalized spacial score (nSPS) is 14.0. The summed E-state index contributed by atoms with van der Waals surface area (Å²) in [7, 11) is -3.94. The van der Waals surface area contributed by atoms with Gasteiger partial charge >= 0.3 is 0 Å². The number of fused-ring (bicyclic) bond motifs is 1. The van der Waals surface area contributed by atoms with Gasteiger partial charge in [-0.15, -0.1) is 0 Å². The maximum absolute atomic E-state index is 13.8. The molecule has 2 aromatic carbocycles. The Morgan fingerprint density at radius 3 is 2.50 bits per heavy atom. The first-order chi connectivity index (χ1) is 10.4. The van der Waals surface area contributed by atoms with Gasteiger partial charge in [-0.1, -0.05) is 6.07 Å². The van der Waals surface area contributed by atoms with Crippen molar-refractivity contribution in [2.24, 2.45) is 0 Å². The summed E-state index contributed by atoms with van der Waals surface area (Å²) >= 11 is 2.97. The topological polar surface area (TPSA) is 46.2 Å². The molecule has 0 saturated heterocycles. The number of rotatable bonds is 3. The second-order valence-electron chi connectivity index (χ2n) is 5.13. The smallest absolute Gasteiger partial charge is 0.262 e. The van der Waals surface area contributed by atoms with Crippen LogP contribution in [0.1, 0.15) is 17.5 Å². The third-order valence-corrected chi connectivity index (χ3v) is 5.60. The van der Waals surface area contributed by atoms with Gasteiger partial charge in [0.05, 0.1) is 10.6 Å². The van der Waals surface area contributed by atoms with Crippen LogP contribution in [-0.2, 0) is 22.9 Å². The van der Waals surface area contributed by atoms with Gasteiger partial charge in [-0.25, -0.2) is 17.2 Å². The van der Waals surface area contributed by atoms with Crippen molar-refractivity contribution in [3.63, 3.8) is 0 Å². The van der Waals surface area contributed by atoms with Crippen LogP contribution in [0.4, 0.5) is 14.5 Å². The summed E-state index contributed by atoms with van der Waals surface area (Å²) in [5, 5.41) is 0. The fourth-order valence-corrected chi connectivity index (χ4v) is 4.33. The first-order valence-electron chi connectivity index (χ1n) is 6.66. The number of anilines is 1. The molecule has 0 fully saturated rings. The molecule has 0 saturated carbocycles. The summed E-state index contributed by atoms with van der Waals surface area (Å²) in [5.74, 6) is -1.76. The molecule has 7 heteroatoms. The monoisotopic (exact) mass is 387 g/mol. The molecule has 0 radical (unpaired) electrons. The Hall–Kier alpha value is -1.47. The number of hydrogen-bond donors (Lipinski definition) is 1. The number of hydrogen-bond acceptors (Lipinski definition) is 2. The number of nitrogens with one attached hydrogen (secondary N) is 1. The van der Waals surface area contributed by atoms with E-state index in [0.717, 1.165) is 36.5 Å². The molecule has 0 atom stereocenters. The van der Waals surface area contributed by atoms with Gasteiger partial charge in [0, 0.05) is 10.5 Å². The maximum atomic E-state index is 13.8. The fraction of sp³-hybridized carbons (Fsp3) is 0.200. The van der Waals surface area contributed by atoms with Gasteiger partial charge < -0.3 is 0 Å². The van der Waals surface area contributed by atoms with Crippen molar-refractivity contribution in [3.05, 3.63) is 57.6 Å². The second kappa shape index (κ2) is 5.62. The molecule has 0 bridgehead atoms. The van der Waals surface area contributed by atoms with Gasteiger partial charge in [-0.3, -0.25) is 4.72 Å². The molecule has 3 nitrogen and oxygen atoms in total. The van der Waals surface area contributed by atoms with Crippen LogP contribution in [0.3, 0.4) is 0 Å². The molecule has 116 valence electrons. The van der Waals surface area contributed by atoms with Crippen LogP contribution in [0.5, 0.6) is 0 Å². The van der Waals surface area contributed by atoms with Crippen molar-refractivity contribution in [2.75, 3.05) is 4.72 Å². The molecule has 1 aliphatic rings. The Morgan fingerprint density at radius 2 is 1.77 bits per heavy atom. The molecule has 22 heavy (non-hydrogen) atoms. The summed E-state index contributed by atoms with van der Waals surface area (Å²) in [6.45, 7) is 0. The molecule has 0 aliphatic heterocycles. The molecule has 1 N–H and O–H groups in total. The average Bonchev–Trinajstić information content (AvgIpc) is 2.90. The highest BCUT2D eigenvalue weighted by Crippen LogP contribution is 2.30. The highest BCUT2D eigenvalue weighted by Gasteiger charge is 2.21. The van der Waals surface area contributed by atoms with E-state index in [-0.39, 0.29) is 15.1 Å². The van der Waals surface area contributed by atoms with Crippen LogP contribution in [0.25, 0.3) is 0 Å². The quantitative estimate of drug-likeness (QED) is 0.864. The summed E-state index contributed by atoms with van der Waals surface area (Å²) in [6, 6.07) is 6.53.